The summed E-state index contributed by atoms with van der Waals surface area (Å²) in [6.45, 7) is 0. The van der Waals surface area contributed by atoms with Crippen molar-refractivity contribution in [3.63, 3.8) is 0 Å². The molecule has 0 fully saturated rings. The van der Waals surface area contributed by atoms with Gasteiger partial charge in [0.15, 0.2) is 0 Å². The summed E-state index contributed by atoms with van der Waals surface area (Å²) in [4.78, 5) is 11.3. The highest BCUT2D eigenvalue weighted by Gasteiger charge is 2.13. The predicted octanol–water partition coefficient (Wildman–Crippen LogP) is 2.91. The van der Waals surface area contributed by atoms with E-state index in [0.29, 0.717) is 5.56 Å². The lowest BCUT2D eigenvalue weighted by molar-refractivity contribution is 1.12. The largest absolute Gasteiger partial charge is 0.368 e. The van der Waals surface area contributed by atoms with Crippen LogP contribution in [-0.2, 0) is 0 Å². The molecule has 0 aliphatic rings. The van der Waals surface area contributed by atoms with E-state index in [-0.39, 0.29) is 5.95 Å². The van der Waals surface area contributed by atoms with Gasteiger partial charge in [0, 0.05) is 12.7 Å². The zero-order valence-corrected chi connectivity index (χ0v) is 11.6. The van der Waals surface area contributed by atoms with Crippen molar-refractivity contribution in [1.29, 1.82) is 5.26 Å². The van der Waals surface area contributed by atoms with Crippen molar-refractivity contribution in [1.82, 2.24) is 9.97 Å². The topological polar surface area (TPSA) is 78.8 Å². The molecule has 2 aromatic heterocycles. The molecule has 0 spiro atoms. The summed E-state index contributed by atoms with van der Waals surface area (Å²) in [6, 6.07) is 11.5. The number of hydrogen-bond donors (Lipinski definition) is 1. The fourth-order valence-electron chi connectivity index (χ4n) is 2.02. The van der Waals surface area contributed by atoms with Gasteiger partial charge in [0.05, 0.1) is 17.0 Å². The molecule has 2 heterocycles. The Morgan fingerprint density at radius 2 is 2.15 bits per heavy atom. The summed E-state index contributed by atoms with van der Waals surface area (Å²) in [5.74, 6) is 0.988. The van der Waals surface area contributed by atoms with Crippen LogP contribution in [0.2, 0.25) is 0 Å². The quantitative estimate of drug-likeness (QED) is 0.781. The first-order valence-electron chi connectivity index (χ1n) is 5.93. The number of rotatable bonds is 2. The first-order chi connectivity index (χ1) is 9.69. The molecule has 2 N–H and O–H groups in total. The third-order valence-electron chi connectivity index (χ3n) is 3.00. The van der Waals surface area contributed by atoms with Crippen molar-refractivity contribution in [2.24, 2.45) is 0 Å². The Kier molecular flexibility index (Phi) is 2.97. The van der Waals surface area contributed by atoms with Crippen LogP contribution >= 0.6 is 11.3 Å². The molecule has 6 heteroatoms. The molecule has 0 aliphatic carbocycles. The van der Waals surface area contributed by atoms with Gasteiger partial charge in [0.1, 0.15) is 10.6 Å². The average Bonchev–Trinajstić information content (AvgIpc) is 2.93. The SMILES string of the molecule is CN(c1cccc(C#N)c1)c1nc(N)nc2sccc12. The lowest BCUT2D eigenvalue weighted by Gasteiger charge is -2.19. The summed E-state index contributed by atoms with van der Waals surface area (Å²) >= 11 is 1.53. The maximum Gasteiger partial charge on any atom is 0.223 e. The smallest absolute Gasteiger partial charge is 0.223 e. The zero-order valence-electron chi connectivity index (χ0n) is 10.7. The molecule has 0 saturated carbocycles. The predicted molar refractivity (Wildman–Crippen MR) is 81.0 cm³/mol. The summed E-state index contributed by atoms with van der Waals surface area (Å²) in [5, 5.41) is 11.9. The zero-order chi connectivity index (χ0) is 14.1. The number of hydrogen-bond acceptors (Lipinski definition) is 6. The van der Waals surface area contributed by atoms with E-state index >= 15 is 0 Å². The highest BCUT2D eigenvalue weighted by molar-refractivity contribution is 7.16. The van der Waals surface area contributed by atoms with Gasteiger partial charge in [-0.15, -0.1) is 11.3 Å². The first-order valence-corrected chi connectivity index (χ1v) is 6.81. The number of nitrogens with zero attached hydrogens (tertiary/aromatic N) is 4. The monoisotopic (exact) mass is 281 g/mol. The minimum atomic E-state index is 0.248. The van der Waals surface area contributed by atoms with Crippen LogP contribution in [0.25, 0.3) is 10.2 Å². The van der Waals surface area contributed by atoms with Crippen molar-refractivity contribution < 1.29 is 0 Å². The molecule has 20 heavy (non-hydrogen) atoms. The molecule has 0 unspecified atom stereocenters. The van der Waals surface area contributed by atoms with Crippen molar-refractivity contribution in [3.8, 4) is 6.07 Å². The number of aromatic nitrogens is 2. The van der Waals surface area contributed by atoms with Crippen LogP contribution in [0.3, 0.4) is 0 Å². The van der Waals surface area contributed by atoms with Gasteiger partial charge in [-0.3, -0.25) is 0 Å². The van der Waals surface area contributed by atoms with Gasteiger partial charge < -0.3 is 10.6 Å². The van der Waals surface area contributed by atoms with Gasteiger partial charge in [-0.1, -0.05) is 6.07 Å². The van der Waals surface area contributed by atoms with E-state index in [1.54, 1.807) is 6.07 Å². The first kappa shape index (κ1) is 12.4. The van der Waals surface area contributed by atoms with Crippen molar-refractivity contribution >= 4 is 39.0 Å². The van der Waals surface area contributed by atoms with E-state index < -0.39 is 0 Å². The molecule has 98 valence electrons. The van der Waals surface area contributed by atoms with Gasteiger partial charge in [-0.2, -0.15) is 10.2 Å². The number of nitrogen functional groups attached to an aromatic ring is 1. The molecule has 1 aromatic carbocycles. The highest BCUT2D eigenvalue weighted by atomic mass is 32.1. The molecule has 0 radical (unpaired) electrons. The van der Waals surface area contributed by atoms with E-state index in [1.807, 2.05) is 41.6 Å². The second-order valence-electron chi connectivity index (χ2n) is 4.27. The van der Waals surface area contributed by atoms with Crippen LogP contribution in [0.4, 0.5) is 17.5 Å². The Bertz CT molecular complexity index is 818. The Hall–Kier alpha value is -2.65. The fourth-order valence-corrected chi connectivity index (χ4v) is 2.78. The van der Waals surface area contributed by atoms with Crippen molar-refractivity contribution in [3.05, 3.63) is 41.3 Å². The number of anilines is 3. The van der Waals surface area contributed by atoms with Crippen LogP contribution in [0.15, 0.2) is 35.7 Å². The normalized spacial score (nSPS) is 10.4. The third-order valence-corrected chi connectivity index (χ3v) is 3.81. The molecular weight excluding hydrogens is 270 g/mol. The fraction of sp³-hybridized carbons (Fsp3) is 0.0714. The molecule has 0 saturated heterocycles. The maximum atomic E-state index is 8.98. The van der Waals surface area contributed by atoms with E-state index in [4.69, 9.17) is 11.0 Å². The lowest BCUT2D eigenvalue weighted by atomic mass is 10.2. The molecule has 3 aromatic rings. The third kappa shape index (κ3) is 2.04. The molecule has 0 atom stereocenters. The number of nitrogens with two attached hydrogens (primary N) is 1. The Morgan fingerprint density at radius 1 is 1.30 bits per heavy atom. The van der Waals surface area contributed by atoms with Gasteiger partial charge in [-0.05, 0) is 29.6 Å². The van der Waals surface area contributed by atoms with E-state index in [2.05, 4.69) is 16.0 Å². The Morgan fingerprint density at radius 3 is 2.95 bits per heavy atom. The minimum Gasteiger partial charge on any atom is -0.368 e. The summed E-state index contributed by atoms with van der Waals surface area (Å²) in [6.07, 6.45) is 0. The van der Waals surface area contributed by atoms with Crippen molar-refractivity contribution in [2.45, 2.75) is 0 Å². The second kappa shape index (κ2) is 4.79. The van der Waals surface area contributed by atoms with Crippen molar-refractivity contribution in [2.75, 3.05) is 17.7 Å². The van der Waals surface area contributed by atoms with Crippen LogP contribution in [0.5, 0.6) is 0 Å². The number of fused-ring (bicyclic) bond motifs is 1. The Labute approximate surface area is 119 Å². The lowest BCUT2D eigenvalue weighted by Crippen LogP contribution is -2.13. The second-order valence-corrected chi connectivity index (χ2v) is 5.16. The molecule has 5 nitrogen and oxygen atoms in total. The molecule has 0 aliphatic heterocycles. The van der Waals surface area contributed by atoms with Gasteiger partial charge in [-0.25, -0.2) is 4.98 Å². The minimum absolute atomic E-state index is 0.248. The highest BCUT2D eigenvalue weighted by Crippen LogP contribution is 2.31. The van der Waals surface area contributed by atoms with Crippen LogP contribution < -0.4 is 10.6 Å². The standard InChI is InChI=1S/C14H11N5S/c1-19(10-4-2-3-9(7-10)8-15)12-11-5-6-20-13(11)18-14(16)17-12/h2-7H,1H3,(H2,16,17,18). The summed E-state index contributed by atoms with van der Waals surface area (Å²) in [5.41, 5.74) is 7.25. The van der Waals surface area contributed by atoms with E-state index in [1.165, 1.54) is 11.3 Å². The van der Waals surface area contributed by atoms with Crippen LogP contribution in [0, 0.1) is 11.3 Å². The van der Waals surface area contributed by atoms with Crippen LogP contribution in [-0.4, -0.2) is 17.0 Å². The van der Waals surface area contributed by atoms with E-state index in [0.717, 1.165) is 21.7 Å². The molecular formula is C14H11N5S. The molecule has 0 bridgehead atoms. The number of thiophene rings is 1. The van der Waals surface area contributed by atoms with Gasteiger partial charge in [0.2, 0.25) is 5.95 Å². The van der Waals surface area contributed by atoms with Crippen LogP contribution in [0.1, 0.15) is 5.56 Å². The summed E-state index contributed by atoms with van der Waals surface area (Å²) < 4.78 is 0. The average molecular weight is 281 g/mol. The van der Waals surface area contributed by atoms with Gasteiger partial charge in [0.25, 0.3) is 0 Å². The van der Waals surface area contributed by atoms with E-state index in [9.17, 15) is 0 Å². The van der Waals surface area contributed by atoms with Gasteiger partial charge >= 0.3 is 0 Å². The summed E-state index contributed by atoms with van der Waals surface area (Å²) in [7, 11) is 1.90. The Balaban J connectivity index is 2.14. The maximum absolute atomic E-state index is 8.98. The number of nitriles is 1. The molecule has 0 amide bonds. The molecule has 3 rings (SSSR count). The number of benzene rings is 1.